The van der Waals surface area contributed by atoms with E-state index in [0.29, 0.717) is 22.4 Å². The van der Waals surface area contributed by atoms with E-state index in [1.165, 1.54) is 11.1 Å². The monoisotopic (exact) mass is 481 g/mol. The van der Waals surface area contributed by atoms with Crippen molar-refractivity contribution in [2.75, 3.05) is 44.7 Å². The van der Waals surface area contributed by atoms with Crippen molar-refractivity contribution < 1.29 is 14.1 Å². The summed E-state index contributed by atoms with van der Waals surface area (Å²) >= 11 is 0. The first-order valence-corrected chi connectivity index (χ1v) is 13.4. The number of primary amides is 1. The minimum absolute atomic E-state index is 0.115. The number of methoxy groups -OCH3 is 1. The Morgan fingerprint density at radius 3 is 2.59 bits per heavy atom. The second-order valence-electron chi connectivity index (χ2n) is 8.62. The molecule has 0 saturated heterocycles. The van der Waals surface area contributed by atoms with E-state index in [4.69, 9.17) is 10.5 Å². The highest BCUT2D eigenvalue weighted by Crippen LogP contribution is 2.38. The van der Waals surface area contributed by atoms with Crippen LogP contribution in [0.3, 0.4) is 0 Å². The Bertz CT molecular complexity index is 1290. The standard InChI is InChI=1S/C23H28N7O3P/c1-30-10-9-14-11-17(18(33-2)12-15(14)13-30)26-23-27-22(20(21(24)31)28-29-23)25-16-7-5-6-8-19(16)34(3,4)32/h5-8,11-12H,9-10,13H2,1-4H3,(H2,24,31)(H2,25,26,27,29). The number of hydrogen-bond donors (Lipinski definition) is 3. The van der Waals surface area contributed by atoms with Gasteiger partial charge in [0.25, 0.3) is 5.91 Å². The Morgan fingerprint density at radius 1 is 1.12 bits per heavy atom. The van der Waals surface area contributed by atoms with Crippen molar-refractivity contribution in [3.05, 3.63) is 53.2 Å². The molecule has 1 aromatic heterocycles. The third kappa shape index (κ3) is 5.03. The fraction of sp³-hybridized carbons (Fsp3) is 0.304. The van der Waals surface area contributed by atoms with E-state index in [0.717, 1.165) is 19.5 Å². The SMILES string of the molecule is COc1cc2c(cc1Nc1nnc(C(N)=O)c(Nc3ccccc3P(C)(C)=O)n1)CCN(C)C2. The van der Waals surface area contributed by atoms with Gasteiger partial charge in [-0.2, -0.15) is 4.98 Å². The van der Waals surface area contributed by atoms with Crippen LogP contribution in [0.4, 0.5) is 23.1 Å². The smallest absolute Gasteiger partial charge is 0.273 e. The van der Waals surface area contributed by atoms with E-state index >= 15 is 0 Å². The predicted octanol–water partition coefficient (Wildman–Crippen LogP) is 2.70. The van der Waals surface area contributed by atoms with Crippen molar-refractivity contribution in [1.82, 2.24) is 20.1 Å². The molecule has 0 radical (unpaired) electrons. The van der Waals surface area contributed by atoms with Crippen LogP contribution in [0.1, 0.15) is 21.6 Å². The second kappa shape index (κ2) is 9.40. The lowest BCUT2D eigenvalue weighted by molar-refractivity contribution is 0.0995. The molecule has 3 aromatic rings. The van der Waals surface area contributed by atoms with E-state index in [-0.39, 0.29) is 17.5 Å². The van der Waals surface area contributed by atoms with Crippen LogP contribution in [-0.4, -0.2) is 60.0 Å². The maximum atomic E-state index is 12.8. The van der Waals surface area contributed by atoms with Crippen LogP contribution in [0.25, 0.3) is 0 Å². The number of benzene rings is 2. The van der Waals surface area contributed by atoms with Gasteiger partial charge in [0.05, 0.1) is 18.5 Å². The van der Waals surface area contributed by atoms with E-state index in [9.17, 15) is 9.36 Å². The summed E-state index contributed by atoms with van der Waals surface area (Å²) in [5.74, 6) is 0.143. The van der Waals surface area contributed by atoms with Crippen molar-refractivity contribution in [2.24, 2.45) is 5.73 Å². The number of ether oxygens (including phenoxy) is 1. The van der Waals surface area contributed by atoms with Crippen LogP contribution in [0.15, 0.2) is 36.4 Å². The number of para-hydroxylation sites is 1. The van der Waals surface area contributed by atoms with E-state index in [2.05, 4.69) is 37.8 Å². The molecule has 34 heavy (non-hydrogen) atoms. The molecule has 0 aliphatic carbocycles. The molecule has 0 saturated carbocycles. The second-order valence-corrected chi connectivity index (χ2v) is 11.8. The summed E-state index contributed by atoms with van der Waals surface area (Å²) in [6.07, 6.45) is 0.919. The van der Waals surface area contributed by atoms with Crippen molar-refractivity contribution >= 4 is 41.5 Å². The molecule has 178 valence electrons. The van der Waals surface area contributed by atoms with Crippen molar-refractivity contribution in [3.8, 4) is 5.75 Å². The first-order chi connectivity index (χ1) is 16.2. The molecule has 4 N–H and O–H groups in total. The molecule has 0 spiro atoms. The minimum atomic E-state index is -2.60. The Kier molecular flexibility index (Phi) is 6.54. The third-order valence-corrected chi connectivity index (χ3v) is 7.18. The lowest BCUT2D eigenvalue weighted by Crippen LogP contribution is -2.26. The highest BCUT2D eigenvalue weighted by molar-refractivity contribution is 7.70. The molecule has 4 rings (SSSR count). The predicted molar refractivity (Wildman–Crippen MR) is 133 cm³/mol. The number of aromatic nitrogens is 3. The van der Waals surface area contributed by atoms with E-state index in [1.807, 2.05) is 12.1 Å². The van der Waals surface area contributed by atoms with Gasteiger partial charge in [0.15, 0.2) is 11.5 Å². The largest absolute Gasteiger partial charge is 0.495 e. The first kappa shape index (κ1) is 23.7. The Morgan fingerprint density at radius 2 is 1.88 bits per heavy atom. The molecular formula is C23H28N7O3P. The molecule has 1 amide bonds. The molecule has 2 aromatic carbocycles. The number of fused-ring (bicyclic) bond motifs is 1. The lowest BCUT2D eigenvalue weighted by atomic mass is 9.99. The Hall–Kier alpha value is -3.49. The highest BCUT2D eigenvalue weighted by atomic mass is 31.2. The third-order valence-electron chi connectivity index (χ3n) is 5.63. The van der Waals surface area contributed by atoms with Gasteiger partial charge in [0.1, 0.15) is 12.9 Å². The van der Waals surface area contributed by atoms with Crippen molar-refractivity contribution in [1.29, 1.82) is 0 Å². The van der Waals surface area contributed by atoms with Gasteiger partial charge >= 0.3 is 0 Å². The average molecular weight is 481 g/mol. The maximum Gasteiger partial charge on any atom is 0.273 e. The molecule has 11 heteroatoms. The molecule has 0 unspecified atom stereocenters. The fourth-order valence-corrected chi connectivity index (χ4v) is 5.08. The number of hydrogen-bond acceptors (Lipinski definition) is 9. The number of nitrogens with one attached hydrogen (secondary N) is 2. The van der Waals surface area contributed by atoms with E-state index in [1.54, 1.807) is 44.7 Å². The molecule has 1 aliphatic heterocycles. The minimum Gasteiger partial charge on any atom is -0.495 e. The number of carbonyl (C=O) groups is 1. The van der Waals surface area contributed by atoms with Crippen LogP contribution in [-0.2, 0) is 17.5 Å². The van der Waals surface area contributed by atoms with Crippen LogP contribution >= 0.6 is 7.14 Å². The van der Waals surface area contributed by atoms with Gasteiger partial charge in [0.2, 0.25) is 5.95 Å². The summed E-state index contributed by atoms with van der Waals surface area (Å²) in [6.45, 7) is 5.17. The summed E-state index contributed by atoms with van der Waals surface area (Å²) in [7, 11) is 1.09. The number of amides is 1. The Balaban J connectivity index is 1.70. The zero-order valence-electron chi connectivity index (χ0n) is 19.6. The van der Waals surface area contributed by atoms with Gasteiger partial charge in [0, 0.05) is 18.4 Å². The number of nitrogens with two attached hydrogens (primary N) is 1. The topological polar surface area (TPSA) is 135 Å². The quantitative estimate of drug-likeness (QED) is 0.435. The zero-order chi connectivity index (χ0) is 24.5. The Labute approximate surface area is 198 Å². The number of likely N-dealkylation sites (N-methyl/N-ethyl adjacent to an activating group) is 1. The van der Waals surface area contributed by atoms with Gasteiger partial charge < -0.3 is 30.6 Å². The van der Waals surface area contributed by atoms with Gasteiger partial charge in [-0.1, -0.05) is 12.1 Å². The average Bonchev–Trinajstić information content (AvgIpc) is 2.78. The fourth-order valence-electron chi connectivity index (χ4n) is 3.92. The molecule has 1 aliphatic rings. The summed E-state index contributed by atoms with van der Waals surface area (Å²) in [5, 5.41) is 14.9. The van der Waals surface area contributed by atoms with Gasteiger partial charge in [-0.3, -0.25) is 4.79 Å². The summed E-state index contributed by atoms with van der Waals surface area (Å²) in [6, 6.07) is 11.2. The molecular weight excluding hydrogens is 453 g/mol. The number of anilines is 4. The molecule has 10 nitrogen and oxygen atoms in total. The highest BCUT2D eigenvalue weighted by Gasteiger charge is 2.21. The lowest BCUT2D eigenvalue weighted by Gasteiger charge is -2.26. The van der Waals surface area contributed by atoms with Crippen molar-refractivity contribution in [3.63, 3.8) is 0 Å². The van der Waals surface area contributed by atoms with Gasteiger partial charge in [-0.05, 0) is 62.2 Å². The normalized spacial score (nSPS) is 13.8. The van der Waals surface area contributed by atoms with Crippen molar-refractivity contribution in [2.45, 2.75) is 13.0 Å². The molecule has 0 fully saturated rings. The maximum absolute atomic E-state index is 12.8. The summed E-state index contributed by atoms with van der Waals surface area (Å²) < 4.78 is 18.3. The van der Waals surface area contributed by atoms with Crippen LogP contribution < -0.4 is 26.4 Å². The summed E-state index contributed by atoms with van der Waals surface area (Å²) in [4.78, 5) is 18.7. The van der Waals surface area contributed by atoms with Crippen LogP contribution in [0.5, 0.6) is 5.75 Å². The molecule has 2 heterocycles. The van der Waals surface area contributed by atoms with E-state index < -0.39 is 13.0 Å². The number of nitrogens with zero attached hydrogens (tertiary/aromatic N) is 4. The first-order valence-electron chi connectivity index (χ1n) is 10.8. The van der Waals surface area contributed by atoms with Crippen LogP contribution in [0.2, 0.25) is 0 Å². The zero-order valence-corrected chi connectivity index (χ0v) is 20.5. The number of rotatable bonds is 7. The van der Waals surface area contributed by atoms with Gasteiger partial charge in [-0.15, -0.1) is 10.2 Å². The number of carbonyl (C=O) groups excluding carboxylic acids is 1. The molecule has 0 atom stereocenters. The summed E-state index contributed by atoms with van der Waals surface area (Å²) in [5.41, 5.74) is 9.06. The van der Waals surface area contributed by atoms with Gasteiger partial charge in [-0.25, -0.2) is 0 Å². The van der Waals surface area contributed by atoms with Crippen LogP contribution in [0, 0.1) is 0 Å². The molecule has 0 bridgehead atoms.